The summed E-state index contributed by atoms with van der Waals surface area (Å²) in [6, 6.07) is 10.3. The predicted molar refractivity (Wildman–Crippen MR) is 76.3 cm³/mol. The van der Waals surface area contributed by atoms with Gasteiger partial charge in [-0.2, -0.15) is 5.26 Å². The van der Waals surface area contributed by atoms with Gasteiger partial charge in [0.15, 0.2) is 17.2 Å². The number of aromatic nitrogens is 2. The topological polar surface area (TPSA) is 59.5 Å². The molecule has 1 aliphatic rings. The molecule has 0 unspecified atom stereocenters. The second-order valence-corrected chi connectivity index (χ2v) is 4.85. The number of benzene rings is 1. The van der Waals surface area contributed by atoms with Gasteiger partial charge in [0.25, 0.3) is 0 Å². The molecule has 0 fully saturated rings. The summed E-state index contributed by atoms with van der Waals surface area (Å²) in [5, 5.41) is 9.41. The Labute approximate surface area is 125 Å². The number of nitriles is 1. The van der Waals surface area contributed by atoms with Crippen LogP contribution in [0, 0.1) is 17.1 Å². The van der Waals surface area contributed by atoms with E-state index in [9.17, 15) is 9.65 Å². The van der Waals surface area contributed by atoms with Gasteiger partial charge in [-0.25, -0.2) is 9.37 Å². The van der Waals surface area contributed by atoms with Crippen LogP contribution in [0.1, 0.15) is 5.69 Å². The van der Waals surface area contributed by atoms with E-state index in [1.165, 1.54) is 22.7 Å². The zero-order valence-corrected chi connectivity index (χ0v) is 11.4. The third-order valence-electron chi connectivity index (χ3n) is 3.50. The fourth-order valence-corrected chi connectivity index (χ4v) is 2.52. The highest BCUT2D eigenvalue weighted by molar-refractivity contribution is 5.72. The maximum Gasteiger partial charge on any atom is 0.162 e. The lowest BCUT2D eigenvalue weighted by Gasteiger charge is -2.18. The number of fused-ring (bicyclic) bond motifs is 2. The number of hydrogen-bond donors (Lipinski definition) is 0. The van der Waals surface area contributed by atoms with E-state index >= 15 is 0 Å². The van der Waals surface area contributed by atoms with Crippen LogP contribution >= 0.6 is 0 Å². The van der Waals surface area contributed by atoms with Crippen molar-refractivity contribution in [3.8, 4) is 28.8 Å². The Morgan fingerprint density at radius 2 is 1.95 bits per heavy atom. The number of pyridine rings is 1. The summed E-state index contributed by atoms with van der Waals surface area (Å²) in [7, 11) is 0. The molecule has 3 aromatic rings. The SMILES string of the molecule is N#Cc1c(-c2ccc3c(c2)OCCO3)nc2ccc(F)cn12. The molecule has 0 aliphatic carbocycles. The van der Waals surface area contributed by atoms with Crippen LogP contribution in [0.5, 0.6) is 11.5 Å². The molecule has 2 aromatic heterocycles. The summed E-state index contributed by atoms with van der Waals surface area (Å²) in [6.45, 7) is 1.00. The van der Waals surface area contributed by atoms with Crippen molar-refractivity contribution in [2.24, 2.45) is 0 Å². The first-order chi connectivity index (χ1) is 10.8. The molecule has 3 heterocycles. The maximum absolute atomic E-state index is 13.4. The van der Waals surface area contributed by atoms with E-state index < -0.39 is 5.82 Å². The van der Waals surface area contributed by atoms with Crippen LogP contribution in [0.4, 0.5) is 4.39 Å². The Balaban J connectivity index is 1.92. The van der Waals surface area contributed by atoms with Gasteiger partial charge in [-0.1, -0.05) is 0 Å². The van der Waals surface area contributed by atoms with Crippen LogP contribution in [0.2, 0.25) is 0 Å². The van der Waals surface area contributed by atoms with Gasteiger partial charge in [0.1, 0.15) is 36.4 Å². The summed E-state index contributed by atoms with van der Waals surface area (Å²) in [6.07, 6.45) is 1.25. The summed E-state index contributed by atoms with van der Waals surface area (Å²) in [5.41, 5.74) is 2.02. The van der Waals surface area contributed by atoms with Crippen molar-refractivity contribution in [1.29, 1.82) is 5.26 Å². The monoisotopic (exact) mass is 295 g/mol. The van der Waals surface area contributed by atoms with Crippen LogP contribution in [-0.4, -0.2) is 22.6 Å². The minimum absolute atomic E-state index is 0.283. The standard InChI is InChI=1S/C16H10FN3O2/c17-11-2-4-15-19-16(12(8-18)20(15)9-11)10-1-3-13-14(7-10)22-6-5-21-13/h1-4,7,9H,5-6H2. The fraction of sp³-hybridized carbons (Fsp3) is 0.125. The second kappa shape index (κ2) is 4.74. The minimum atomic E-state index is -0.421. The number of halogens is 1. The molecule has 0 saturated heterocycles. The van der Waals surface area contributed by atoms with Crippen molar-refractivity contribution in [2.75, 3.05) is 13.2 Å². The Kier molecular flexibility index (Phi) is 2.73. The fourth-order valence-electron chi connectivity index (χ4n) is 2.52. The number of imidazole rings is 1. The molecule has 0 amide bonds. The van der Waals surface area contributed by atoms with Gasteiger partial charge >= 0.3 is 0 Å². The van der Waals surface area contributed by atoms with Gasteiger partial charge in [-0.3, -0.25) is 4.40 Å². The van der Waals surface area contributed by atoms with Crippen LogP contribution in [0.25, 0.3) is 16.9 Å². The molecular formula is C16H10FN3O2. The molecule has 4 rings (SSSR count). The molecule has 0 atom stereocenters. The van der Waals surface area contributed by atoms with Crippen molar-refractivity contribution in [3.63, 3.8) is 0 Å². The van der Waals surface area contributed by atoms with E-state index in [-0.39, 0.29) is 5.69 Å². The van der Waals surface area contributed by atoms with E-state index in [1.807, 2.05) is 6.07 Å². The van der Waals surface area contributed by atoms with Crippen molar-refractivity contribution in [1.82, 2.24) is 9.38 Å². The first-order valence-electron chi connectivity index (χ1n) is 6.74. The minimum Gasteiger partial charge on any atom is -0.486 e. The maximum atomic E-state index is 13.4. The quantitative estimate of drug-likeness (QED) is 0.692. The highest BCUT2D eigenvalue weighted by atomic mass is 19.1. The molecule has 0 bridgehead atoms. The van der Waals surface area contributed by atoms with E-state index in [1.54, 1.807) is 12.1 Å². The molecule has 5 nitrogen and oxygen atoms in total. The zero-order valence-electron chi connectivity index (χ0n) is 11.4. The van der Waals surface area contributed by atoms with Gasteiger partial charge in [-0.05, 0) is 30.3 Å². The van der Waals surface area contributed by atoms with Crippen LogP contribution in [0.3, 0.4) is 0 Å². The highest BCUT2D eigenvalue weighted by Gasteiger charge is 2.18. The second-order valence-electron chi connectivity index (χ2n) is 4.85. The van der Waals surface area contributed by atoms with Crippen LogP contribution in [0.15, 0.2) is 36.5 Å². The van der Waals surface area contributed by atoms with Crippen LogP contribution < -0.4 is 9.47 Å². The van der Waals surface area contributed by atoms with E-state index in [2.05, 4.69) is 11.1 Å². The van der Waals surface area contributed by atoms with Gasteiger partial charge in [0.05, 0.1) is 0 Å². The summed E-state index contributed by atoms with van der Waals surface area (Å²) < 4.78 is 25.9. The Morgan fingerprint density at radius 1 is 1.14 bits per heavy atom. The van der Waals surface area contributed by atoms with Gasteiger partial charge in [-0.15, -0.1) is 0 Å². The first kappa shape index (κ1) is 12.7. The lowest BCUT2D eigenvalue weighted by molar-refractivity contribution is 0.171. The molecular weight excluding hydrogens is 285 g/mol. The molecule has 108 valence electrons. The van der Waals surface area contributed by atoms with Gasteiger partial charge in [0, 0.05) is 11.8 Å². The predicted octanol–water partition coefficient (Wildman–Crippen LogP) is 2.78. The van der Waals surface area contributed by atoms with Crippen molar-refractivity contribution in [2.45, 2.75) is 0 Å². The average Bonchev–Trinajstić information content (AvgIpc) is 2.92. The van der Waals surface area contributed by atoms with Crippen molar-refractivity contribution >= 4 is 5.65 Å². The summed E-state index contributed by atoms with van der Waals surface area (Å²) in [5.74, 6) is 0.870. The Morgan fingerprint density at radius 3 is 2.77 bits per heavy atom. The third kappa shape index (κ3) is 1.87. The van der Waals surface area contributed by atoms with Crippen molar-refractivity contribution in [3.05, 3.63) is 48.0 Å². The number of hydrogen-bond acceptors (Lipinski definition) is 4. The van der Waals surface area contributed by atoms with Gasteiger partial charge in [0.2, 0.25) is 0 Å². The summed E-state index contributed by atoms with van der Waals surface area (Å²) >= 11 is 0. The smallest absolute Gasteiger partial charge is 0.162 e. The number of nitrogens with zero attached hydrogens (tertiary/aromatic N) is 3. The Hall–Kier alpha value is -3.07. The first-order valence-corrected chi connectivity index (χ1v) is 6.74. The van der Waals surface area contributed by atoms with E-state index in [4.69, 9.17) is 9.47 Å². The normalized spacial score (nSPS) is 13.1. The summed E-state index contributed by atoms with van der Waals surface area (Å²) in [4.78, 5) is 4.42. The largest absolute Gasteiger partial charge is 0.486 e. The highest BCUT2D eigenvalue weighted by Crippen LogP contribution is 2.35. The Bertz CT molecular complexity index is 927. The number of ether oxygens (including phenoxy) is 2. The molecule has 0 radical (unpaired) electrons. The van der Waals surface area contributed by atoms with Crippen LogP contribution in [-0.2, 0) is 0 Å². The van der Waals surface area contributed by atoms with Gasteiger partial charge < -0.3 is 9.47 Å². The molecule has 0 spiro atoms. The molecule has 0 saturated carbocycles. The molecule has 1 aliphatic heterocycles. The lowest BCUT2D eigenvalue weighted by Crippen LogP contribution is -2.15. The molecule has 1 aromatic carbocycles. The third-order valence-corrected chi connectivity index (χ3v) is 3.50. The number of rotatable bonds is 1. The van der Waals surface area contributed by atoms with Crippen molar-refractivity contribution < 1.29 is 13.9 Å². The lowest BCUT2D eigenvalue weighted by atomic mass is 10.1. The zero-order chi connectivity index (χ0) is 15.1. The van der Waals surface area contributed by atoms with E-state index in [0.29, 0.717) is 36.1 Å². The van der Waals surface area contributed by atoms with E-state index in [0.717, 1.165) is 5.56 Å². The molecule has 6 heteroatoms. The molecule has 22 heavy (non-hydrogen) atoms. The average molecular weight is 295 g/mol. The molecule has 0 N–H and O–H groups in total.